The van der Waals surface area contributed by atoms with E-state index in [1.807, 2.05) is 35.8 Å². The van der Waals surface area contributed by atoms with Crippen molar-refractivity contribution < 1.29 is 13.9 Å². The molecule has 0 unspecified atom stereocenters. The van der Waals surface area contributed by atoms with Crippen LogP contribution in [-0.2, 0) is 4.79 Å². The zero-order chi connectivity index (χ0) is 21.6. The maximum atomic E-state index is 13.5. The van der Waals surface area contributed by atoms with E-state index < -0.39 is 0 Å². The van der Waals surface area contributed by atoms with Crippen molar-refractivity contribution in [2.45, 2.75) is 43.8 Å². The molecule has 162 valence electrons. The highest BCUT2D eigenvalue weighted by molar-refractivity contribution is 7.99. The summed E-state index contributed by atoms with van der Waals surface area (Å²) in [5, 5.41) is 3.81. The molecule has 2 aromatic carbocycles. The third-order valence-electron chi connectivity index (χ3n) is 5.33. The van der Waals surface area contributed by atoms with E-state index in [4.69, 9.17) is 4.74 Å². The second-order valence-corrected chi connectivity index (χ2v) is 8.45. The number of nitrogens with zero attached hydrogens (tertiary/aromatic N) is 2. The van der Waals surface area contributed by atoms with Crippen LogP contribution in [0.5, 0.6) is 5.75 Å². The van der Waals surface area contributed by atoms with Crippen LogP contribution < -0.4 is 10.1 Å². The molecule has 0 bridgehead atoms. The number of rotatable bonds is 8. The van der Waals surface area contributed by atoms with Crippen LogP contribution in [0, 0.1) is 5.82 Å². The van der Waals surface area contributed by atoms with Gasteiger partial charge in [-0.05, 0) is 56.2 Å². The summed E-state index contributed by atoms with van der Waals surface area (Å²) in [5.41, 5.74) is 2.48. The minimum absolute atomic E-state index is 0.0212. The van der Waals surface area contributed by atoms with Gasteiger partial charge in [-0.2, -0.15) is 0 Å². The summed E-state index contributed by atoms with van der Waals surface area (Å²) in [5.74, 6) is 0.742. The number of amides is 1. The highest BCUT2D eigenvalue weighted by Gasteiger charge is 2.20. The smallest absolute Gasteiger partial charge is 0.230 e. The first-order valence-corrected chi connectivity index (χ1v) is 11.6. The van der Waals surface area contributed by atoms with Gasteiger partial charge in [-0.3, -0.25) is 9.36 Å². The standard InChI is InChI=1S/C24H26FN3O2S/c1-2-30-22-10-6-5-9-20(22)28-21(17-11-13-18(25)14-12-17)15-26-24(28)31-16-23(29)27-19-7-3-4-8-19/h5-6,9-15,19H,2-4,7-8,16H2,1H3,(H,27,29). The van der Waals surface area contributed by atoms with Crippen molar-refractivity contribution >= 4 is 17.7 Å². The van der Waals surface area contributed by atoms with E-state index in [2.05, 4.69) is 10.3 Å². The van der Waals surface area contributed by atoms with Gasteiger partial charge in [0, 0.05) is 11.6 Å². The fourth-order valence-corrected chi connectivity index (χ4v) is 4.68. The largest absolute Gasteiger partial charge is 0.492 e. The van der Waals surface area contributed by atoms with Gasteiger partial charge in [0.15, 0.2) is 5.16 Å². The molecule has 31 heavy (non-hydrogen) atoms. The predicted molar refractivity (Wildman–Crippen MR) is 121 cm³/mol. The van der Waals surface area contributed by atoms with Crippen LogP contribution in [-0.4, -0.2) is 33.9 Å². The Morgan fingerprint density at radius 3 is 2.68 bits per heavy atom. The van der Waals surface area contributed by atoms with Crippen molar-refractivity contribution in [3.8, 4) is 22.7 Å². The highest BCUT2D eigenvalue weighted by Crippen LogP contribution is 2.34. The number of carbonyl (C=O) groups is 1. The van der Waals surface area contributed by atoms with Crippen LogP contribution >= 0.6 is 11.8 Å². The number of carbonyl (C=O) groups excluding carboxylic acids is 1. The summed E-state index contributed by atoms with van der Waals surface area (Å²) >= 11 is 1.39. The van der Waals surface area contributed by atoms with Gasteiger partial charge in [-0.15, -0.1) is 0 Å². The van der Waals surface area contributed by atoms with Crippen LogP contribution in [0.1, 0.15) is 32.6 Å². The van der Waals surface area contributed by atoms with Gasteiger partial charge in [0.2, 0.25) is 5.91 Å². The lowest BCUT2D eigenvalue weighted by atomic mass is 10.1. The fraction of sp³-hybridized carbons (Fsp3) is 0.333. The average molecular weight is 440 g/mol. The van der Waals surface area contributed by atoms with Crippen molar-refractivity contribution in [2.24, 2.45) is 0 Å². The van der Waals surface area contributed by atoms with Gasteiger partial charge in [-0.1, -0.05) is 36.7 Å². The molecule has 1 aromatic heterocycles. The van der Waals surface area contributed by atoms with Gasteiger partial charge in [-0.25, -0.2) is 9.37 Å². The lowest BCUT2D eigenvalue weighted by Crippen LogP contribution is -2.33. The maximum Gasteiger partial charge on any atom is 0.230 e. The van der Waals surface area contributed by atoms with Gasteiger partial charge in [0.05, 0.1) is 29.9 Å². The Bertz CT molecular complexity index is 1030. The Kier molecular flexibility index (Phi) is 6.92. The molecule has 1 heterocycles. The molecule has 4 rings (SSSR count). The summed E-state index contributed by atoms with van der Waals surface area (Å²) < 4.78 is 21.3. The van der Waals surface area contributed by atoms with Crippen molar-refractivity contribution in [3.63, 3.8) is 0 Å². The number of benzene rings is 2. The number of hydrogen-bond donors (Lipinski definition) is 1. The molecule has 1 aliphatic rings. The molecule has 1 aliphatic carbocycles. The fourth-order valence-electron chi connectivity index (χ4n) is 3.88. The van der Waals surface area contributed by atoms with Crippen LogP contribution in [0.15, 0.2) is 59.9 Å². The van der Waals surface area contributed by atoms with Gasteiger partial charge >= 0.3 is 0 Å². The van der Waals surface area contributed by atoms with E-state index in [1.165, 1.54) is 36.7 Å². The third-order valence-corrected chi connectivity index (χ3v) is 6.28. The lowest BCUT2D eigenvalue weighted by Gasteiger charge is -2.16. The van der Waals surface area contributed by atoms with Crippen LogP contribution in [0.2, 0.25) is 0 Å². The monoisotopic (exact) mass is 439 g/mol. The first-order chi connectivity index (χ1) is 15.2. The maximum absolute atomic E-state index is 13.5. The number of aromatic nitrogens is 2. The first kappa shape index (κ1) is 21.4. The minimum atomic E-state index is -0.289. The Morgan fingerprint density at radius 1 is 1.19 bits per heavy atom. The molecule has 1 fully saturated rings. The number of thioether (sulfide) groups is 1. The summed E-state index contributed by atoms with van der Waals surface area (Å²) in [4.78, 5) is 17.1. The Balaban J connectivity index is 1.65. The molecule has 0 aliphatic heterocycles. The second-order valence-electron chi connectivity index (χ2n) is 7.51. The number of hydrogen-bond acceptors (Lipinski definition) is 4. The number of nitrogens with one attached hydrogen (secondary N) is 1. The van der Waals surface area contributed by atoms with Crippen molar-refractivity contribution in [1.29, 1.82) is 0 Å². The first-order valence-electron chi connectivity index (χ1n) is 10.6. The molecule has 0 atom stereocenters. The topological polar surface area (TPSA) is 56.2 Å². The molecular formula is C24H26FN3O2S. The van der Waals surface area contributed by atoms with E-state index in [0.29, 0.717) is 17.8 Å². The molecule has 0 spiro atoms. The van der Waals surface area contributed by atoms with Gasteiger partial charge in [0.1, 0.15) is 11.6 Å². The van der Waals surface area contributed by atoms with Crippen LogP contribution in [0.3, 0.4) is 0 Å². The summed E-state index contributed by atoms with van der Waals surface area (Å²) in [6, 6.07) is 14.4. The molecule has 5 nitrogen and oxygen atoms in total. The summed E-state index contributed by atoms with van der Waals surface area (Å²) in [6.45, 7) is 2.47. The Morgan fingerprint density at radius 2 is 1.94 bits per heavy atom. The number of ether oxygens (including phenoxy) is 1. The predicted octanol–water partition coefficient (Wildman–Crippen LogP) is 5.23. The summed E-state index contributed by atoms with van der Waals surface area (Å²) in [7, 11) is 0. The molecule has 0 saturated heterocycles. The number of para-hydroxylation sites is 2. The highest BCUT2D eigenvalue weighted by atomic mass is 32.2. The average Bonchev–Trinajstić information content (AvgIpc) is 3.43. The second kappa shape index (κ2) is 10.0. The molecule has 3 aromatic rings. The van der Waals surface area contributed by atoms with E-state index in [1.54, 1.807) is 18.3 Å². The molecule has 1 N–H and O–H groups in total. The van der Waals surface area contributed by atoms with Crippen molar-refractivity contribution in [3.05, 3.63) is 60.5 Å². The Labute approximate surface area is 186 Å². The summed E-state index contributed by atoms with van der Waals surface area (Å²) in [6.07, 6.45) is 6.23. The zero-order valence-corrected chi connectivity index (χ0v) is 18.3. The lowest BCUT2D eigenvalue weighted by molar-refractivity contribution is -0.119. The quantitative estimate of drug-likeness (QED) is 0.489. The molecular weight excluding hydrogens is 413 g/mol. The Hall–Kier alpha value is -2.80. The third kappa shape index (κ3) is 5.10. The van der Waals surface area contributed by atoms with Gasteiger partial charge in [0.25, 0.3) is 0 Å². The van der Waals surface area contributed by atoms with Crippen LogP contribution in [0.25, 0.3) is 16.9 Å². The molecule has 1 amide bonds. The number of halogens is 1. The zero-order valence-electron chi connectivity index (χ0n) is 17.5. The SMILES string of the molecule is CCOc1ccccc1-n1c(-c2ccc(F)cc2)cnc1SCC(=O)NC1CCCC1. The molecule has 0 radical (unpaired) electrons. The van der Waals surface area contributed by atoms with Crippen molar-refractivity contribution in [2.75, 3.05) is 12.4 Å². The normalized spacial score (nSPS) is 14.0. The van der Waals surface area contributed by atoms with E-state index >= 15 is 0 Å². The molecule has 7 heteroatoms. The molecule has 1 saturated carbocycles. The van der Waals surface area contributed by atoms with E-state index in [9.17, 15) is 9.18 Å². The minimum Gasteiger partial charge on any atom is -0.492 e. The van der Waals surface area contributed by atoms with E-state index in [-0.39, 0.29) is 17.5 Å². The van der Waals surface area contributed by atoms with Crippen LogP contribution in [0.4, 0.5) is 4.39 Å². The number of imidazole rings is 1. The van der Waals surface area contributed by atoms with Crippen molar-refractivity contribution in [1.82, 2.24) is 14.9 Å². The van der Waals surface area contributed by atoms with Gasteiger partial charge < -0.3 is 10.1 Å². The van der Waals surface area contributed by atoms with E-state index in [0.717, 1.165) is 35.5 Å².